The molecule has 1 aromatic carbocycles. The molecule has 6 nitrogen and oxygen atoms in total. The molecule has 1 saturated heterocycles. The van der Waals surface area contributed by atoms with E-state index in [2.05, 4.69) is 4.74 Å². The van der Waals surface area contributed by atoms with E-state index in [4.69, 9.17) is 4.74 Å². The number of carbonyl (C=O) groups is 1. The summed E-state index contributed by atoms with van der Waals surface area (Å²) in [5.74, 6) is -1.14. The SMILES string of the molecule is CCOC(=O)C1CCCCN1S(=O)(=O)c1ccc(OC(F)(F)F)cc1. The zero-order chi connectivity index (χ0) is 18.7. The van der Waals surface area contributed by atoms with Crippen LogP contribution in [0.1, 0.15) is 26.2 Å². The van der Waals surface area contributed by atoms with Crippen molar-refractivity contribution in [2.45, 2.75) is 43.5 Å². The molecule has 0 bridgehead atoms. The Morgan fingerprint density at radius 1 is 1.24 bits per heavy atom. The van der Waals surface area contributed by atoms with Crippen molar-refractivity contribution < 1.29 is 35.9 Å². The lowest BCUT2D eigenvalue weighted by Gasteiger charge is -2.32. The Hall–Kier alpha value is -1.81. The number of esters is 1. The van der Waals surface area contributed by atoms with Gasteiger partial charge >= 0.3 is 12.3 Å². The van der Waals surface area contributed by atoms with E-state index < -0.39 is 34.1 Å². The quantitative estimate of drug-likeness (QED) is 0.734. The van der Waals surface area contributed by atoms with Gasteiger partial charge in [-0.2, -0.15) is 4.31 Å². The predicted molar refractivity (Wildman–Crippen MR) is 81.3 cm³/mol. The number of sulfonamides is 1. The zero-order valence-corrected chi connectivity index (χ0v) is 14.3. The van der Waals surface area contributed by atoms with E-state index in [1.165, 1.54) is 0 Å². The number of hydrogen-bond acceptors (Lipinski definition) is 5. The monoisotopic (exact) mass is 381 g/mol. The van der Waals surface area contributed by atoms with Gasteiger partial charge in [-0.3, -0.25) is 4.79 Å². The Labute approximate surface area is 143 Å². The minimum atomic E-state index is -4.86. The Morgan fingerprint density at radius 2 is 1.88 bits per heavy atom. The zero-order valence-electron chi connectivity index (χ0n) is 13.5. The summed E-state index contributed by atoms with van der Waals surface area (Å²) < 4.78 is 71.8. The van der Waals surface area contributed by atoms with Crippen molar-refractivity contribution in [3.05, 3.63) is 24.3 Å². The van der Waals surface area contributed by atoms with Crippen LogP contribution in [0.5, 0.6) is 5.75 Å². The van der Waals surface area contributed by atoms with Crippen LogP contribution >= 0.6 is 0 Å². The summed E-state index contributed by atoms with van der Waals surface area (Å²) in [6.07, 6.45) is -3.24. The number of halogens is 3. The van der Waals surface area contributed by atoms with Gasteiger partial charge in [0.05, 0.1) is 11.5 Å². The number of nitrogens with zero attached hydrogens (tertiary/aromatic N) is 1. The normalized spacial score (nSPS) is 19.4. The molecule has 10 heteroatoms. The van der Waals surface area contributed by atoms with Gasteiger partial charge in [0.1, 0.15) is 11.8 Å². The van der Waals surface area contributed by atoms with Gasteiger partial charge in [-0.1, -0.05) is 0 Å². The van der Waals surface area contributed by atoms with Crippen molar-refractivity contribution in [3.8, 4) is 5.75 Å². The molecule has 0 aliphatic carbocycles. The predicted octanol–water partition coefficient (Wildman–Crippen LogP) is 2.69. The summed E-state index contributed by atoms with van der Waals surface area (Å²) in [5, 5.41) is 0. The average molecular weight is 381 g/mol. The third-order valence-corrected chi connectivity index (χ3v) is 5.60. The molecule has 0 saturated carbocycles. The molecular weight excluding hydrogens is 363 g/mol. The van der Waals surface area contributed by atoms with E-state index in [9.17, 15) is 26.4 Å². The van der Waals surface area contributed by atoms with Crippen LogP contribution < -0.4 is 4.74 Å². The Kier molecular flexibility index (Phi) is 5.94. The van der Waals surface area contributed by atoms with Gasteiger partial charge in [-0.15, -0.1) is 13.2 Å². The second kappa shape index (κ2) is 7.61. The van der Waals surface area contributed by atoms with Crippen LogP contribution in [0.2, 0.25) is 0 Å². The first-order valence-corrected chi connectivity index (χ1v) is 9.13. The molecule has 0 aromatic heterocycles. The largest absolute Gasteiger partial charge is 0.573 e. The van der Waals surface area contributed by atoms with Crippen LogP contribution in [0.25, 0.3) is 0 Å². The summed E-state index contributed by atoms with van der Waals surface area (Å²) >= 11 is 0. The topological polar surface area (TPSA) is 72.9 Å². The molecule has 1 aliphatic rings. The first-order chi connectivity index (χ1) is 11.6. The maximum atomic E-state index is 12.8. The molecule has 0 radical (unpaired) electrons. The van der Waals surface area contributed by atoms with Crippen molar-refractivity contribution in [2.75, 3.05) is 13.2 Å². The standard InChI is InChI=1S/C15H18F3NO5S/c1-2-23-14(20)13-5-3-4-10-19(13)25(21,22)12-8-6-11(7-9-12)24-15(16,17)18/h6-9,13H,2-5,10H2,1H3. The number of piperidine rings is 1. The van der Waals surface area contributed by atoms with Crippen LogP contribution in [-0.2, 0) is 19.6 Å². The van der Waals surface area contributed by atoms with Crippen LogP contribution in [0.15, 0.2) is 29.2 Å². The van der Waals surface area contributed by atoms with Crippen molar-refractivity contribution in [1.82, 2.24) is 4.31 Å². The van der Waals surface area contributed by atoms with Gasteiger partial charge in [-0.05, 0) is 50.5 Å². The average Bonchev–Trinajstić information content (AvgIpc) is 2.54. The fourth-order valence-corrected chi connectivity index (χ4v) is 4.26. The number of carbonyl (C=O) groups excluding carboxylic acids is 1. The highest BCUT2D eigenvalue weighted by Gasteiger charge is 2.38. The molecule has 1 atom stereocenters. The summed E-state index contributed by atoms with van der Waals surface area (Å²) in [6, 6.07) is 2.96. The number of hydrogen-bond donors (Lipinski definition) is 0. The maximum Gasteiger partial charge on any atom is 0.573 e. The Bertz CT molecular complexity index is 703. The van der Waals surface area contributed by atoms with E-state index in [-0.39, 0.29) is 18.0 Å². The van der Waals surface area contributed by atoms with Gasteiger partial charge in [0.2, 0.25) is 10.0 Å². The summed E-state index contributed by atoms with van der Waals surface area (Å²) in [5.41, 5.74) is 0. The first-order valence-electron chi connectivity index (χ1n) is 7.69. The first kappa shape index (κ1) is 19.5. The van der Waals surface area contributed by atoms with Crippen molar-refractivity contribution in [2.24, 2.45) is 0 Å². The Balaban J connectivity index is 2.25. The molecule has 140 valence electrons. The van der Waals surface area contributed by atoms with E-state index in [0.717, 1.165) is 28.6 Å². The smallest absolute Gasteiger partial charge is 0.465 e. The minimum Gasteiger partial charge on any atom is -0.465 e. The van der Waals surface area contributed by atoms with Gasteiger partial charge in [-0.25, -0.2) is 8.42 Å². The highest BCUT2D eigenvalue weighted by atomic mass is 32.2. The second-order valence-electron chi connectivity index (χ2n) is 5.40. The van der Waals surface area contributed by atoms with Crippen molar-refractivity contribution >= 4 is 16.0 Å². The second-order valence-corrected chi connectivity index (χ2v) is 7.29. The molecule has 1 fully saturated rings. The summed E-state index contributed by atoms with van der Waals surface area (Å²) in [7, 11) is -4.04. The molecule has 2 rings (SSSR count). The van der Waals surface area contributed by atoms with Gasteiger partial charge in [0.15, 0.2) is 0 Å². The molecule has 1 aliphatic heterocycles. The van der Waals surface area contributed by atoms with E-state index in [1.807, 2.05) is 0 Å². The number of ether oxygens (including phenoxy) is 2. The number of rotatable bonds is 5. The molecule has 25 heavy (non-hydrogen) atoms. The minimum absolute atomic E-state index is 0.132. The third-order valence-electron chi connectivity index (χ3n) is 3.68. The van der Waals surface area contributed by atoms with Gasteiger partial charge in [0, 0.05) is 6.54 Å². The van der Waals surface area contributed by atoms with Crippen molar-refractivity contribution in [3.63, 3.8) is 0 Å². The number of benzene rings is 1. The van der Waals surface area contributed by atoms with Crippen LogP contribution in [0.3, 0.4) is 0 Å². The molecule has 1 heterocycles. The molecule has 0 N–H and O–H groups in total. The van der Waals surface area contributed by atoms with E-state index in [1.54, 1.807) is 6.92 Å². The lowest BCUT2D eigenvalue weighted by molar-refractivity contribution is -0.274. The summed E-state index contributed by atoms with van der Waals surface area (Å²) in [6.45, 7) is 1.90. The fourth-order valence-electron chi connectivity index (χ4n) is 2.62. The molecule has 0 amide bonds. The van der Waals surface area contributed by atoms with Crippen LogP contribution in [0, 0.1) is 0 Å². The van der Waals surface area contributed by atoms with Crippen molar-refractivity contribution in [1.29, 1.82) is 0 Å². The van der Waals surface area contributed by atoms with Crippen LogP contribution in [0.4, 0.5) is 13.2 Å². The van der Waals surface area contributed by atoms with Gasteiger partial charge in [0.25, 0.3) is 0 Å². The van der Waals surface area contributed by atoms with Gasteiger partial charge < -0.3 is 9.47 Å². The molecule has 0 spiro atoms. The lowest BCUT2D eigenvalue weighted by atomic mass is 10.1. The van der Waals surface area contributed by atoms with E-state index in [0.29, 0.717) is 19.3 Å². The summed E-state index contributed by atoms with van der Waals surface area (Å²) in [4.78, 5) is 11.8. The Morgan fingerprint density at radius 3 is 2.44 bits per heavy atom. The van der Waals surface area contributed by atoms with Crippen LogP contribution in [-0.4, -0.2) is 44.2 Å². The molecular formula is C15H18F3NO5S. The highest BCUT2D eigenvalue weighted by Crippen LogP contribution is 2.28. The molecule has 1 aromatic rings. The highest BCUT2D eigenvalue weighted by molar-refractivity contribution is 7.89. The fraction of sp³-hybridized carbons (Fsp3) is 0.533. The lowest BCUT2D eigenvalue weighted by Crippen LogP contribution is -2.48. The third kappa shape index (κ3) is 4.85. The van der Waals surface area contributed by atoms with E-state index >= 15 is 0 Å². The molecule has 1 unspecified atom stereocenters. The number of alkyl halides is 3. The maximum absolute atomic E-state index is 12.8.